The van der Waals surface area contributed by atoms with E-state index in [4.69, 9.17) is 9.47 Å². The van der Waals surface area contributed by atoms with Crippen molar-refractivity contribution in [1.82, 2.24) is 4.57 Å². The first-order valence-electron chi connectivity index (χ1n) is 7.22. The Labute approximate surface area is 124 Å². The molecule has 1 aromatic carbocycles. The van der Waals surface area contributed by atoms with Crippen molar-refractivity contribution in [2.75, 3.05) is 13.2 Å². The van der Waals surface area contributed by atoms with Crippen LogP contribution in [-0.2, 0) is 6.54 Å². The van der Waals surface area contributed by atoms with Crippen LogP contribution in [0.2, 0.25) is 0 Å². The second-order valence-corrected chi connectivity index (χ2v) is 4.82. The lowest BCUT2D eigenvalue weighted by molar-refractivity contribution is 0.298. The van der Waals surface area contributed by atoms with Crippen LogP contribution in [0.3, 0.4) is 0 Å². The third-order valence-corrected chi connectivity index (χ3v) is 3.12. The van der Waals surface area contributed by atoms with E-state index in [2.05, 4.69) is 0 Å². The minimum atomic E-state index is -0.0883. The van der Waals surface area contributed by atoms with Crippen molar-refractivity contribution in [1.29, 1.82) is 0 Å². The molecule has 1 heterocycles. The normalized spacial score (nSPS) is 10.4. The summed E-state index contributed by atoms with van der Waals surface area (Å²) >= 11 is 0. The van der Waals surface area contributed by atoms with E-state index in [1.165, 1.54) is 5.56 Å². The van der Waals surface area contributed by atoms with E-state index >= 15 is 0 Å². The lowest BCUT2D eigenvalue weighted by Crippen LogP contribution is -2.22. The van der Waals surface area contributed by atoms with Crippen LogP contribution < -0.4 is 15.0 Å². The predicted octanol–water partition coefficient (Wildman–Crippen LogP) is 3.02. The average Bonchev–Trinajstić information content (AvgIpc) is 2.49. The van der Waals surface area contributed by atoms with Crippen molar-refractivity contribution < 1.29 is 9.47 Å². The summed E-state index contributed by atoms with van der Waals surface area (Å²) in [4.78, 5) is 12.1. The van der Waals surface area contributed by atoms with Gasteiger partial charge in [0.25, 0.3) is 5.56 Å². The molecule has 0 aliphatic carbocycles. The molecule has 0 saturated heterocycles. The molecule has 0 fully saturated rings. The Bertz CT molecular complexity index is 617. The summed E-state index contributed by atoms with van der Waals surface area (Å²) < 4.78 is 12.6. The largest absolute Gasteiger partial charge is 0.494 e. The van der Waals surface area contributed by atoms with Crippen molar-refractivity contribution >= 4 is 0 Å². The van der Waals surface area contributed by atoms with Gasteiger partial charge in [-0.25, -0.2) is 0 Å². The van der Waals surface area contributed by atoms with Crippen LogP contribution in [0.5, 0.6) is 11.5 Å². The topological polar surface area (TPSA) is 40.5 Å². The fraction of sp³-hybridized carbons (Fsp3) is 0.353. The maximum Gasteiger partial charge on any atom is 0.292 e. The van der Waals surface area contributed by atoms with Gasteiger partial charge in [-0.2, -0.15) is 0 Å². The van der Waals surface area contributed by atoms with Crippen molar-refractivity contribution in [3.8, 4) is 11.5 Å². The zero-order chi connectivity index (χ0) is 15.1. The van der Waals surface area contributed by atoms with Crippen LogP contribution >= 0.6 is 0 Å². The highest BCUT2D eigenvalue weighted by Gasteiger charge is 2.03. The van der Waals surface area contributed by atoms with Crippen LogP contribution in [0.1, 0.15) is 18.9 Å². The van der Waals surface area contributed by atoms with Gasteiger partial charge in [-0.1, -0.05) is 17.7 Å². The molecule has 0 atom stereocenters. The molecule has 0 N–H and O–H groups in total. The van der Waals surface area contributed by atoms with E-state index < -0.39 is 0 Å². The molecular formula is C17H21NO3. The van der Waals surface area contributed by atoms with E-state index in [9.17, 15) is 4.79 Å². The first-order chi connectivity index (χ1) is 10.2. The zero-order valence-corrected chi connectivity index (χ0v) is 12.5. The fourth-order valence-electron chi connectivity index (χ4n) is 2.02. The Morgan fingerprint density at radius 1 is 1.10 bits per heavy atom. The number of hydrogen-bond donors (Lipinski definition) is 0. The molecule has 2 rings (SSSR count). The molecule has 21 heavy (non-hydrogen) atoms. The van der Waals surface area contributed by atoms with Gasteiger partial charge in [0.1, 0.15) is 5.75 Å². The highest BCUT2D eigenvalue weighted by molar-refractivity contribution is 5.26. The van der Waals surface area contributed by atoms with Gasteiger partial charge in [0.15, 0.2) is 5.75 Å². The number of rotatable bonds is 7. The maximum absolute atomic E-state index is 12.1. The molecule has 4 heteroatoms. The smallest absolute Gasteiger partial charge is 0.292 e. The second-order valence-electron chi connectivity index (χ2n) is 4.82. The molecule has 0 saturated carbocycles. The van der Waals surface area contributed by atoms with Crippen LogP contribution in [0.15, 0.2) is 47.4 Å². The molecule has 2 aromatic rings. The summed E-state index contributed by atoms with van der Waals surface area (Å²) in [5.74, 6) is 1.26. The Morgan fingerprint density at radius 2 is 1.86 bits per heavy atom. The van der Waals surface area contributed by atoms with Crippen molar-refractivity contribution in [3.63, 3.8) is 0 Å². The Hall–Kier alpha value is -2.23. The van der Waals surface area contributed by atoms with Crippen LogP contribution in [-0.4, -0.2) is 17.8 Å². The molecule has 4 nitrogen and oxygen atoms in total. The average molecular weight is 287 g/mol. The van der Waals surface area contributed by atoms with Gasteiger partial charge in [-0.05, 0) is 44.5 Å². The lowest BCUT2D eigenvalue weighted by atomic mass is 10.2. The van der Waals surface area contributed by atoms with Gasteiger partial charge >= 0.3 is 0 Å². The van der Waals surface area contributed by atoms with Gasteiger partial charge < -0.3 is 14.0 Å². The molecule has 112 valence electrons. The number of ether oxygens (including phenoxy) is 2. The molecule has 0 radical (unpaired) electrons. The van der Waals surface area contributed by atoms with Crippen LogP contribution in [0.4, 0.5) is 0 Å². The van der Waals surface area contributed by atoms with E-state index in [0.717, 1.165) is 12.2 Å². The van der Waals surface area contributed by atoms with Crippen LogP contribution in [0, 0.1) is 6.92 Å². The van der Waals surface area contributed by atoms with Crippen molar-refractivity contribution in [2.24, 2.45) is 0 Å². The summed E-state index contributed by atoms with van der Waals surface area (Å²) in [6.07, 6.45) is 2.54. The molecular weight excluding hydrogens is 266 g/mol. The summed E-state index contributed by atoms with van der Waals surface area (Å²) in [5.41, 5.74) is 1.12. The number of aryl methyl sites for hydroxylation is 2. The highest BCUT2D eigenvalue weighted by Crippen LogP contribution is 2.11. The van der Waals surface area contributed by atoms with Gasteiger partial charge in [-0.3, -0.25) is 4.79 Å². The molecule has 0 unspecified atom stereocenters. The van der Waals surface area contributed by atoms with E-state index in [-0.39, 0.29) is 5.56 Å². The highest BCUT2D eigenvalue weighted by atomic mass is 16.5. The van der Waals surface area contributed by atoms with Gasteiger partial charge in [-0.15, -0.1) is 0 Å². The number of aromatic nitrogens is 1. The summed E-state index contributed by atoms with van der Waals surface area (Å²) in [7, 11) is 0. The fourth-order valence-corrected chi connectivity index (χ4v) is 2.02. The quantitative estimate of drug-likeness (QED) is 0.735. The SMILES string of the molecule is CCOc1cccn(CCCOc2ccc(C)cc2)c1=O. The van der Waals surface area contributed by atoms with Gasteiger partial charge in [0, 0.05) is 12.7 Å². The maximum atomic E-state index is 12.1. The first kappa shape index (κ1) is 15.2. The number of benzene rings is 1. The summed E-state index contributed by atoms with van der Waals surface area (Å²) in [6.45, 7) is 5.60. The Morgan fingerprint density at radius 3 is 2.57 bits per heavy atom. The number of hydrogen-bond acceptors (Lipinski definition) is 3. The predicted molar refractivity (Wildman–Crippen MR) is 83.2 cm³/mol. The molecule has 0 bridgehead atoms. The summed E-state index contributed by atoms with van der Waals surface area (Å²) in [6, 6.07) is 11.5. The number of pyridine rings is 1. The van der Waals surface area contributed by atoms with E-state index in [0.29, 0.717) is 25.5 Å². The molecule has 0 aliphatic heterocycles. The molecule has 0 aliphatic rings. The van der Waals surface area contributed by atoms with Crippen LogP contribution in [0.25, 0.3) is 0 Å². The summed E-state index contributed by atoms with van der Waals surface area (Å²) in [5, 5.41) is 0. The number of nitrogens with zero attached hydrogens (tertiary/aromatic N) is 1. The first-order valence-corrected chi connectivity index (χ1v) is 7.22. The minimum Gasteiger partial charge on any atom is -0.494 e. The monoisotopic (exact) mass is 287 g/mol. The van der Waals surface area contributed by atoms with Gasteiger partial charge in [0.2, 0.25) is 0 Å². The molecule has 0 spiro atoms. The lowest BCUT2D eigenvalue weighted by Gasteiger charge is -2.09. The van der Waals surface area contributed by atoms with Crippen molar-refractivity contribution in [2.45, 2.75) is 26.8 Å². The molecule has 1 aromatic heterocycles. The van der Waals surface area contributed by atoms with E-state index in [1.807, 2.05) is 44.2 Å². The second kappa shape index (κ2) is 7.53. The molecule has 0 amide bonds. The van der Waals surface area contributed by atoms with Crippen molar-refractivity contribution in [3.05, 3.63) is 58.5 Å². The standard InChI is InChI=1S/C17H21NO3/c1-3-20-16-6-4-11-18(17(16)19)12-5-13-21-15-9-7-14(2)8-10-15/h4,6-11H,3,5,12-13H2,1-2H3. The Kier molecular flexibility index (Phi) is 5.43. The van der Waals surface area contributed by atoms with E-state index in [1.54, 1.807) is 16.8 Å². The minimum absolute atomic E-state index is 0.0883. The third kappa shape index (κ3) is 4.38. The third-order valence-electron chi connectivity index (χ3n) is 3.12. The Balaban J connectivity index is 1.85. The zero-order valence-electron chi connectivity index (χ0n) is 12.5. The van der Waals surface area contributed by atoms with Gasteiger partial charge in [0.05, 0.1) is 13.2 Å².